The highest BCUT2D eigenvalue weighted by molar-refractivity contribution is 5.63. The molecule has 0 aliphatic heterocycles. The first-order valence-electron chi connectivity index (χ1n) is 7.02. The molecule has 20 heavy (non-hydrogen) atoms. The van der Waals surface area contributed by atoms with E-state index in [0.717, 1.165) is 42.3 Å². The van der Waals surface area contributed by atoms with E-state index in [-0.39, 0.29) is 5.82 Å². The molecule has 0 spiro atoms. The van der Waals surface area contributed by atoms with E-state index >= 15 is 0 Å². The monoisotopic (exact) mass is 273 g/mol. The predicted molar refractivity (Wildman–Crippen MR) is 80.3 cm³/mol. The molecule has 0 aliphatic carbocycles. The Kier molecular flexibility index (Phi) is 4.66. The van der Waals surface area contributed by atoms with Crippen molar-refractivity contribution in [3.8, 4) is 11.3 Å². The van der Waals surface area contributed by atoms with Gasteiger partial charge in [0.1, 0.15) is 17.5 Å². The number of aryl methyl sites for hydroxylation is 2. The number of rotatable bonds is 5. The van der Waals surface area contributed by atoms with Gasteiger partial charge in [-0.1, -0.05) is 6.92 Å². The lowest BCUT2D eigenvalue weighted by Crippen LogP contribution is -2.04. The zero-order chi connectivity index (χ0) is 14.5. The van der Waals surface area contributed by atoms with E-state index < -0.39 is 0 Å². The molecule has 0 saturated carbocycles. The SMILES string of the molecule is CCCc1nc(NCC)cc(-c2ccc(F)c(C)c2)n1. The van der Waals surface area contributed by atoms with Crippen LogP contribution in [-0.2, 0) is 6.42 Å². The van der Waals surface area contributed by atoms with E-state index in [9.17, 15) is 4.39 Å². The van der Waals surface area contributed by atoms with Crippen molar-refractivity contribution in [2.24, 2.45) is 0 Å². The van der Waals surface area contributed by atoms with Crippen molar-refractivity contribution >= 4 is 5.82 Å². The molecule has 0 amide bonds. The van der Waals surface area contributed by atoms with Gasteiger partial charge in [-0.3, -0.25) is 0 Å². The van der Waals surface area contributed by atoms with E-state index in [1.165, 1.54) is 6.07 Å². The summed E-state index contributed by atoms with van der Waals surface area (Å²) in [6, 6.07) is 6.98. The van der Waals surface area contributed by atoms with E-state index in [1.807, 2.05) is 19.1 Å². The van der Waals surface area contributed by atoms with E-state index in [2.05, 4.69) is 22.2 Å². The normalized spacial score (nSPS) is 10.6. The molecule has 0 bridgehead atoms. The molecule has 0 fully saturated rings. The second-order valence-electron chi connectivity index (χ2n) is 4.80. The quantitative estimate of drug-likeness (QED) is 0.895. The Bertz CT molecular complexity index is 572. The summed E-state index contributed by atoms with van der Waals surface area (Å²) in [7, 11) is 0. The predicted octanol–water partition coefficient (Wildman–Crippen LogP) is 3.98. The van der Waals surface area contributed by atoms with Gasteiger partial charge in [0.25, 0.3) is 0 Å². The number of nitrogens with zero attached hydrogens (tertiary/aromatic N) is 2. The van der Waals surface area contributed by atoms with Crippen LogP contribution in [0, 0.1) is 12.7 Å². The first kappa shape index (κ1) is 14.4. The minimum Gasteiger partial charge on any atom is -0.370 e. The summed E-state index contributed by atoms with van der Waals surface area (Å²) < 4.78 is 13.4. The van der Waals surface area contributed by atoms with Gasteiger partial charge in [-0.25, -0.2) is 14.4 Å². The summed E-state index contributed by atoms with van der Waals surface area (Å²) >= 11 is 0. The molecular weight excluding hydrogens is 253 g/mol. The average Bonchev–Trinajstić information content (AvgIpc) is 2.42. The summed E-state index contributed by atoms with van der Waals surface area (Å²) in [6.07, 6.45) is 1.84. The Morgan fingerprint density at radius 1 is 1.15 bits per heavy atom. The molecule has 0 radical (unpaired) electrons. The van der Waals surface area contributed by atoms with Crippen LogP contribution in [0.25, 0.3) is 11.3 Å². The smallest absolute Gasteiger partial charge is 0.131 e. The van der Waals surface area contributed by atoms with Crippen molar-refractivity contribution in [2.45, 2.75) is 33.6 Å². The molecule has 0 aliphatic rings. The first-order chi connectivity index (χ1) is 9.63. The van der Waals surface area contributed by atoms with Gasteiger partial charge in [-0.2, -0.15) is 0 Å². The zero-order valence-electron chi connectivity index (χ0n) is 12.2. The lowest BCUT2D eigenvalue weighted by atomic mass is 10.1. The van der Waals surface area contributed by atoms with Gasteiger partial charge in [0.05, 0.1) is 5.69 Å². The van der Waals surface area contributed by atoms with Crippen molar-refractivity contribution < 1.29 is 4.39 Å². The van der Waals surface area contributed by atoms with Crippen LogP contribution in [0.2, 0.25) is 0 Å². The molecule has 1 N–H and O–H groups in total. The van der Waals surface area contributed by atoms with Gasteiger partial charge >= 0.3 is 0 Å². The molecule has 2 aromatic rings. The highest BCUT2D eigenvalue weighted by atomic mass is 19.1. The second-order valence-corrected chi connectivity index (χ2v) is 4.80. The van der Waals surface area contributed by atoms with Gasteiger partial charge in [0.15, 0.2) is 0 Å². The molecule has 2 rings (SSSR count). The van der Waals surface area contributed by atoms with Crippen LogP contribution in [0.1, 0.15) is 31.7 Å². The number of hydrogen-bond acceptors (Lipinski definition) is 3. The van der Waals surface area contributed by atoms with Crippen LogP contribution in [0.3, 0.4) is 0 Å². The van der Waals surface area contributed by atoms with Gasteiger partial charge in [0.2, 0.25) is 0 Å². The maximum Gasteiger partial charge on any atom is 0.131 e. The third-order valence-electron chi connectivity index (χ3n) is 3.06. The summed E-state index contributed by atoms with van der Waals surface area (Å²) in [5, 5.41) is 3.22. The highest BCUT2D eigenvalue weighted by Gasteiger charge is 2.07. The van der Waals surface area contributed by atoms with Crippen LogP contribution in [0.15, 0.2) is 24.3 Å². The van der Waals surface area contributed by atoms with Crippen molar-refractivity contribution in [3.63, 3.8) is 0 Å². The van der Waals surface area contributed by atoms with Gasteiger partial charge < -0.3 is 5.32 Å². The van der Waals surface area contributed by atoms with Gasteiger partial charge in [-0.05, 0) is 44.0 Å². The molecule has 4 heteroatoms. The standard InChI is InChI=1S/C16H20FN3/c1-4-6-15-19-14(10-16(20-15)18-5-2)12-7-8-13(17)11(3)9-12/h7-10H,4-6H2,1-3H3,(H,18,19,20). The number of anilines is 1. The summed E-state index contributed by atoms with van der Waals surface area (Å²) in [5.41, 5.74) is 2.38. The fourth-order valence-corrected chi connectivity index (χ4v) is 2.06. The third kappa shape index (κ3) is 3.32. The lowest BCUT2D eigenvalue weighted by molar-refractivity contribution is 0.618. The van der Waals surface area contributed by atoms with Crippen molar-refractivity contribution in [1.29, 1.82) is 0 Å². The maximum atomic E-state index is 13.4. The topological polar surface area (TPSA) is 37.8 Å². The number of nitrogens with one attached hydrogen (secondary N) is 1. The second kappa shape index (κ2) is 6.46. The number of benzene rings is 1. The number of aromatic nitrogens is 2. The Hall–Kier alpha value is -1.97. The Labute approximate surface area is 119 Å². The minimum atomic E-state index is -0.191. The fraction of sp³-hybridized carbons (Fsp3) is 0.375. The molecule has 0 atom stereocenters. The van der Waals surface area contributed by atoms with Crippen LogP contribution >= 0.6 is 0 Å². The first-order valence-corrected chi connectivity index (χ1v) is 7.02. The maximum absolute atomic E-state index is 13.4. The van der Waals surface area contributed by atoms with Crippen LogP contribution in [-0.4, -0.2) is 16.5 Å². The number of halogens is 1. The van der Waals surface area contributed by atoms with Gasteiger partial charge in [0, 0.05) is 24.6 Å². The molecule has 0 saturated heterocycles. The summed E-state index contributed by atoms with van der Waals surface area (Å²) in [5.74, 6) is 1.45. The van der Waals surface area contributed by atoms with E-state index in [4.69, 9.17) is 0 Å². The Morgan fingerprint density at radius 2 is 1.95 bits per heavy atom. The Morgan fingerprint density at radius 3 is 2.60 bits per heavy atom. The zero-order valence-corrected chi connectivity index (χ0v) is 12.2. The van der Waals surface area contributed by atoms with Crippen molar-refractivity contribution in [2.75, 3.05) is 11.9 Å². The summed E-state index contributed by atoms with van der Waals surface area (Å²) in [6.45, 7) is 6.71. The molecule has 0 unspecified atom stereocenters. The molecule has 3 nitrogen and oxygen atoms in total. The molecule has 106 valence electrons. The van der Waals surface area contributed by atoms with Gasteiger partial charge in [-0.15, -0.1) is 0 Å². The summed E-state index contributed by atoms with van der Waals surface area (Å²) in [4.78, 5) is 9.05. The van der Waals surface area contributed by atoms with Crippen LogP contribution < -0.4 is 5.32 Å². The van der Waals surface area contributed by atoms with E-state index in [0.29, 0.717) is 5.56 Å². The molecule has 1 aromatic carbocycles. The third-order valence-corrected chi connectivity index (χ3v) is 3.06. The molecule has 1 aromatic heterocycles. The molecule has 1 heterocycles. The largest absolute Gasteiger partial charge is 0.370 e. The highest BCUT2D eigenvalue weighted by Crippen LogP contribution is 2.22. The lowest BCUT2D eigenvalue weighted by Gasteiger charge is -2.09. The Balaban J connectivity index is 2.45. The van der Waals surface area contributed by atoms with Crippen LogP contribution in [0.4, 0.5) is 10.2 Å². The van der Waals surface area contributed by atoms with E-state index in [1.54, 1.807) is 13.0 Å². The minimum absolute atomic E-state index is 0.191. The fourth-order valence-electron chi connectivity index (χ4n) is 2.06. The average molecular weight is 273 g/mol. The van der Waals surface area contributed by atoms with Crippen LogP contribution in [0.5, 0.6) is 0 Å². The number of hydrogen-bond donors (Lipinski definition) is 1. The molecular formula is C16H20FN3. The van der Waals surface area contributed by atoms with Crippen molar-refractivity contribution in [1.82, 2.24) is 9.97 Å². The van der Waals surface area contributed by atoms with Crippen molar-refractivity contribution in [3.05, 3.63) is 41.5 Å².